The van der Waals surface area contributed by atoms with Crippen molar-refractivity contribution in [3.63, 3.8) is 0 Å². The molecule has 2 N–H and O–H groups in total. The van der Waals surface area contributed by atoms with Gasteiger partial charge in [-0.25, -0.2) is 4.98 Å². The van der Waals surface area contributed by atoms with E-state index in [0.29, 0.717) is 6.54 Å². The third-order valence-electron chi connectivity index (χ3n) is 2.89. The van der Waals surface area contributed by atoms with Gasteiger partial charge < -0.3 is 10.6 Å². The number of nitrogens with one attached hydrogen (secondary N) is 2. The molecule has 1 fully saturated rings. The third-order valence-corrected chi connectivity index (χ3v) is 3.83. The molecule has 88 valence electrons. The topological polar surface area (TPSA) is 54.0 Å². The second-order valence-electron chi connectivity index (χ2n) is 4.08. The minimum absolute atomic E-state index is 0.00183. The van der Waals surface area contributed by atoms with Crippen LogP contribution in [0.25, 0.3) is 0 Å². The van der Waals surface area contributed by atoms with Crippen LogP contribution in [0.3, 0.4) is 0 Å². The molecule has 0 aromatic carbocycles. The van der Waals surface area contributed by atoms with Gasteiger partial charge in [0.25, 0.3) is 0 Å². The molecule has 0 unspecified atom stereocenters. The SMILES string of the molecule is Cc1ncsc1CNC(=O)[C@H]1CCCCN1. The first-order chi connectivity index (χ1) is 7.77. The van der Waals surface area contributed by atoms with Gasteiger partial charge in [-0.2, -0.15) is 0 Å². The van der Waals surface area contributed by atoms with Gasteiger partial charge in [0.05, 0.1) is 23.8 Å². The Balaban J connectivity index is 1.81. The molecule has 5 heteroatoms. The number of aromatic nitrogens is 1. The zero-order valence-electron chi connectivity index (χ0n) is 9.45. The van der Waals surface area contributed by atoms with Crippen LogP contribution in [0.4, 0.5) is 0 Å². The zero-order chi connectivity index (χ0) is 11.4. The molecule has 2 rings (SSSR count). The molecule has 0 radical (unpaired) electrons. The predicted molar refractivity (Wildman–Crippen MR) is 64.3 cm³/mol. The van der Waals surface area contributed by atoms with Crippen molar-refractivity contribution in [3.05, 3.63) is 16.1 Å². The lowest BCUT2D eigenvalue weighted by Gasteiger charge is -2.22. The van der Waals surface area contributed by atoms with Crippen LogP contribution < -0.4 is 10.6 Å². The largest absolute Gasteiger partial charge is 0.350 e. The normalized spacial score (nSPS) is 20.7. The average Bonchev–Trinajstić information content (AvgIpc) is 2.73. The number of rotatable bonds is 3. The number of aryl methyl sites for hydroxylation is 1. The number of carbonyl (C=O) groups excluding carboxylic acids is 1. The molecule has 0 spiro atoms. The van der Waals surface area contributed by atoms with Crippen molar-refractivity contribution >= 4 is 17.2 Å². The van der Waals surface area contributed by atoms with Crippen LogP contribution in [0.2, 0.25) is 0 Å². The number of hydrogen-bond donors (Lipinski definition) is 2. The number of hydrogen-bond acceptors (Lipinski definition) is 4. The molecule has 16 heavy (non-hydrogen) atoms. The fourth-order valence-corrected chi connectivity index (χ4v) is 2.58. The summed E-state index contributed by atoms with van der Waals surface area (Å²) in [5.74, 6) is 0.118. The van der Waals surface area contributed by atoms with Crippen molar-refractivity contribution in [2.45, 2.75) is 38.8 Å². The van der Waals surface area contributed by atoms with Gasteiger partial charge >= 0.3 is 0 Å². The van der Waals surface area contributed by atoms with E-state index in [0.717, 1.165) is 30.0 Å². The molecule has 1 atom stereocenters. The fourth-order valence-electron chi connectivity index (χ4n) is 1.86. The number of carbonyl (C=O) groups is 1. The van der Waals surface area contributed by atoms with Gasteiger partial charge in [-0.15, -0.1) is 11.3 Å². The van der Waals surface area contributed by atoms with Crippen LogP contribution in [0.1, 0.15) is 29.8 Å². The minimum atomic E-state index is 0.00183. The van der Waals surface area contributed by atoms with Crippen LogP contribution in [-0.4, -0.2) is 23.5 Å². The van der Waals surface area contributed by atoms with Crippen LogP contribution in [0.5, 0.6) is 0 Å². The van der Waals surface area contributed by atoms with Crippen LogP contribution in [0.15, 0.2) is 5.51 Å². The predicted octanol–water partition coefficient (Wildman–Crippen LogP) is 1.21. The smallest absolute Gasteiger partial charge is 0.237 e. The highest BCUT2D eigenvalue weighted by Crippen LogP contribution is 2.12. The van der Waals surface area contributed by atoms with Gasteiger partial charge in [-0.1, -0.05) is 6.42 Å². The molecule has 1 saturated heterocycles. The summed E-state index contributed by atoms with van der Waals surface area (Å²) in [6.07, 6.45) is 3.27. The summed E-state index contributed by atoms with van der Waals surface area (Å²) in [6.45, 7) is 3.53. The molecule has 0 aliphatic carbocycles. The van der Waals surface area contributed by atoms with Crippen molar-refractivity contribution in [1.29, 1.82) is 0 Å². The van der Waals surface area contributed by atoms with E-state index in [1.54, 1.807) is 11.3 Å². The summed E-state index contributed by atoms with van der Waals surface area (Å²) in [5, 5.41) is 6.20. The Bertz CT molecular complexity index is 358. The Morgan fingerprint density at radius 1 is 1.69 bits per heavy atom. The number of thiazole rings is 1. The second-order valence-corrected chi connectivity index (χ2v) is 5.02. The molecule has 2 heterocycles. The molecule has 4 nitrogen and oxygen atoms in total. The molecule has 1 aliphatic rings. The van der Waals surface area contributed by atoms with E-state index in [2.05, 4.69) is 15.6 Å². The summed E-state index contributed by atoms with van der Waals surface area (Å²) in [6, 6.07) is 0.00183. The van der Waals surface area contributed by atoms with E-state index in [-0.39, 0.29) is 11.9 Å². The first-order valence-corrected chi connectivity index (χ1v) is 6.55. The summed E-state index contributed by atoms with van der Waals surface area (Å²) < 4.78 is 0. The highest BCUT2D eigenvalue weighted by atomic mass is 32.1. The van der Waals surface area contributed by atoms with Crippen LogP contribution in [0, 0.1) is 6.92 Å². The highest BCUT2D eigenvalue weighted by Gasteiger charge is 2.20. The van der Waals surface area contributed by atoms with Crippen LogP contribution in [-0.2, 0) is 11.3 Å². The molecule has 1 aromatic heterocycles. The number of piperidine rings is 1. The van der Waals surface area contributed by atoms with Gasteiger partial charge in [0.1, 0.15) is 0 Å². The summed E-state index contributed by atoms with van der Waals surface area (Å²) in [7, 11) is 0. The Kier molecular flexibility index (Phi) is 3.90. The Morgan fingerprint density at radius 2 is 2.56 bits per heavy atom. The van der Waals surface area contributed by atoms with E-state index in [1.165, 1.54) is 6.42 Å². The van der Waals surface area contributed by atoms with E-state index in [1.807, 2.05) is 12.4 Å². The van der Waals surface area contributed by atoms with Crippen LogP contribution >= 0.6 is 11.3 Å². The molecule has 1 aromatic rings. The van der Waals surface area contributed by atoms with Gasteiger partial charge in [0.15, 0.2) is 0 Å². The van der Waals surface area contributed by atoms with E-state index >= 15 is 0 Å². The quantitative estimate of drug-likeness (QED) is 0.833. The van der Waals surface area contributed by atoms with Gasteiger partial charge in [0.2, 0.25) is 5.91 Å². The maximum absolute atomic E-state index is 11.8. The maximum atomic E-state index is 11.8. The van der Waals surface area contributed by atoms with Crippen molar-refractivity contribution in [2.75, 3.05) is 6.54 Å². The zero-order valence-corrected chi connectivity index (χ0v) is 10.3. The molecule has 1 aliphatic heterocycles. The van der Waals surface area contributed by atoms with Gasteiger partial charge in [0, 0.05) is 4.88 Å². The lowest BCUT2D eigenvalue weighted by molar-refractivity contribution is -0.123. The Morgan fingerprint density at radius 3 is 3.19 bits per heavy atom. The Labute approximate surface area is 99.5 Å². The summed E-state index contributed by atoms with van der Waals surface area (Å²) in [5.41, 5.74) is 2.83. The van der Waals surface area contributed by atoms with Gasteiger partial charge in [-0.05, 0) is 26.3 Å². The highest BCUT2D eigenvalue weighted by molar-refractivity contribution is 7.09. The minimum Gasteiger partial charge on any atom is -0.350 e. The Hall–Kier alpha value is -0.940. The first kappa shape index (κ1) is 11.5. The molecule has 0 saturated carbocycles. The van der Waals surface area contributed by atoms with Crippen molar-refractivity contribution in [2.24, 2.45) is 0 Å². The maximum Gasteiger partial charge on any atom is 0.237 e. The average molecular weight is 239 g/mol. The van der Waals surface area contributed by atoms with Crippen molar-refractivity contribution < 1.29 is 4.79 Å². The number of amides is 1. The lowest BCUT2D eigenvalue weighted by atomic mass is 10.0. The monoisotopic (exact) mass is 239 g/mol. The molecular weight excluding hydrogens is 222 g/mol. The van der Waals surface area contributed by atoms with Crippen molar-refractivity contribution in [3.8, 4) is 0 Å². The van der Waals surface area contributed by atoms with Crippen molar-refractivity contribution in [1.82, 2.24) is 15.6 Å². The van der Waals surface area contributed by atoms with E-state index in [4.69, 9.17) is 0 Å². The summed E-state index contributed by atoms with van der Waals surface area (Å²) >= 11 is 1.59. The molecule has 0 bridgehead atoms. The molecular formula is C11H17N3OS. The molecule has 1 amide bonds. The van der Waals surface area contributed by atoms with E-state index < -0.39 is 0 Å². The number of nitrogens with zero attached hydrogens (tertiary/aromatic N) is 1. The van der Waals surface area contributed by atoms with Gasteiger partial charge in [-0.3, -0.25) is 4.79 Å². The second kappa shape index (κ2) is 5.41. The first-order valence-electron chi connectivity index (χ1n) is 5.67. The van der Waals surface area contributed by atoms with E-state index in [9.17, 15) is 4.79 Å². The summed E-state index contributed by atoms with van der Waals surface area (Å²) in [4.78, 5) is 17.1. The standard InChI is InChI=1S/C11H17N3OS/c1-8-10(16-7-14-8)6-13-11(15)9-4-2-3-5-12-9/h7,9,12H,2-6H2,1H3,(H,13,15)/t9-/m1/s1. The lowest BCUT2D eigenvalue weighted by Crippen LogP contribution is -2.46. The fraction of sp³-hybridized carbons (Fsp3) is 0.636. The third kappa shape index (κ3) is 2.80.